The zero-order valence-electron chi connectivity index (χ0n) is 12.1. The first-order valence-electron chi connectivity index (χ1n) is 7.18. The molecule has 0 atom stereocenters. The summed E-state index contributed by atoms with van der Waals surface area (Å²) < 4.78 is 19.1. The molecule has 1 aromatic rings. The average Bonchev–Trinajstić information content (AvgIpc) is 2.58. The molecule has 0 aromatic carbocycles. The molecule has 2 aliphatic heterocycles. The molecular formula is C14H17FN6O. The van der Waals surface area contributed by atoms with Crippen LogP contribution in [0.5, 0.6) is 0 Å². The molecule has 1 N–H and O–H groups in total. The van der Waals surface area contributed by atoms with Crippen LogP contribution < -0.4 is 10.3 Å². The van der Waals surface area contributed by atoms with Crippen molar-refractivity contribution < 1.29 is 9.13 Å². The van der Waals surface area contributed by atoms with Gasteiger partial charge in [0.1, 0.15) is 0 Å². The number of rotatable bonds is 4. The minimum Gasteiger partial charge on any atom is -0.378 e. The Morgan fingerprint density at radius 3 is 3.00 bits per heavy atom. The molecule has 8 heteroatoms. The van der Waals surface area contributed by atoms with Crippen molar-refractivity contribution in [3.63, 3.8) is 0 Å². The van der Waals surface area contributed by atoms with Crippen molar-refractivity contribution in [3.8, 4) is 0 Å². The van der Waals surface area contributed by atoms with Crippen LogP contribution in [0.2, 0.25) is 0 Å². The molecule has 3 rings (SSSR count). The maximum absolute atomic E-state index is 13.9. The van der Waals surface area contributed by atoms with E-state index in [0.717, 1.165) is 24.9 Å². The lowest BCUT2D eigenvalue weighted by atomic mass is 10.2. The maximum atomic E-state index is 13.9. The second-order valence-corrected chi connectivity index (χ2v) is 4.83. The van der Waals surface area contributed by atoms with Crippen LogP contribution in [0.3, 0.4) is 0 Å². The third kappa shape index (κ3) is 3.64. The van der Waals surface area contributed by atoms with Gasteiger partial charge in [0.2, 0.25) is 5.95 Å². The van der Waals surface area contributed by atoms with E-state index >= 15 is 0 Å². The summed E-state index contributed by atoms with van der Waals surface area (Å²) in [5, 5.41) is 4.03. The lowest BCUT2D eigenvalue weighted by Gasteiger charge is -2.27. The third-order valence-corrected chi connectivity index (χ3v) is 3.28. The summed E-state index contributed by atoms with van der Waals surface area (Å²) in [6, 6.07) is 0. The average molecular weight is 304 g/mol. The van der Waals surface area contributed by atoms with E-state index in [4.69, 9.17) is 4.74 Å². The number of dihydropyridines is 1. The van der Waals surface area contributed by atoms with E-state index in [1.54, 1.807) is 6.21 Å². The summed E-state index contributed by atoms with van der Waals surface area (Å²) in [6.07, 6.45) is 7.64. The molecule has 116 valence electrons. The van der Waals surface area contributed by atoms with Crippen LogP contribution in [0.1, 0.15) is 6.42 Å². The molecule has 0 bridgehead atoms. The number of hydrogen-bond donors (Lipinski definition) is 1. The molecule has 1 saturated heterocycles. The quantitative estimate of drug-likeness (QED) is 0.669. The zero-order chi connectivity index (χ0) is 15.2. The molecule has 3 heterocycles. The Labute approximate surface area is 127 Å². The summed E-state index contributed by atoms with van der Waals surface area (Å²) in [4.78, 5) is 14.2. The second kappa shape index (κ2) is 7.08. The number of aliphatic imine (C=N–C) groups is 1. The molecule has 22 heavy (non-hydrogen) atoms. The number of aromatic nitrogens is 2. The molecule has 7 nitrogen and oxygen atoms in total. The molecule has 0 saturated carbocycles. The number of allylic oxidation sites excluding steroid dienone is 1. The normalized spacial score (nSPS) is 18.6. The van der Waals surface area contributed by atoms with Gasteiger partial charge in [-0.1, -0.05) is 6.08 Å². The van der Waals surface area contributed by atoms with Gasteiger partial charge in [0.15, 0.2) is 11.6 Å². The van der Waals surface area contributed by atoms with Crippen molar-refractivity contribution in [2.75, 3.05) is 43.2 Å². The van der Waals surface area contributed by atoms with Crippen LogP contribution in [0, 0.1) is 5.82 Å². The highest BCUT2D eigenvalue weighted by Gasteiger charge is 2.17. The van der Waals surface area contributed by atoms with Crippen molar-refractivity contribution in [2.24, 2.45) is 10.1 Å². The Morgan fingerprint density at radius 1 is 1.36 bits per heavy atom. The first-order valence-corrected chi connectivity index (χ1v) is 7.18. The van der Waals surface area contributed by atoms with Gasteiger partial charge < -0.3 is 9.64 Å². The van der Waals surface area contributed by atoms with Gasteiger partial charge in [-0.25, -0.2) is 14.8 Å². The topological polar surface area (TPSA) is 75.0 Å². The fourth-order valence-electron chi connectivity index (χ4n) is 2.17. The van der Waals surface area contributed by atoms with Crippen molar-refractivity contribution in [1.82, 2.24) is 9.97 Å². The zero-order valence-corrected chi connectivity index (χ0v) is 12.1. The third-order valence-electron chi connectivity index (χ3n) is 3.28. The number of hydrogen-bond acceptors (Lipinski definition) is 7. The van der Waals surface area contributed by atoms with Crippen LogP contribution in [0.4, 0.5) is 16.2 Å². The van der Waals surface area contributed by atoms with Crippen LogP contribution in [0.25, 0.3) is 0 Å². The van der Waals surface area contributed by atoms with Crippen LogP contribution in [-0.4, -0.2) is 54.7 Å². The Balaban J connectivity index is 1.67. The molecule has 1 fully saturated rings. The van der Waals surface area contributed by atoms with E-state index in [1.165, 1.54) is 0 Å². The number of nitrogens with zero attached hydrogens (tertiary/aromatic N) is 5. The highest BCUT2D eigenvalue weighted by atomic mass is 19.1. The number of halogens is 1. The largest absolute Gasteiger partial charge is 0.378 e. The van der Waals surface area contributed by atoms with Gasteiger partial charge in [-0.05, 0) is 12.5 Å². The molecule has 0 radical (unpaired) electrons. The van der Waals surface area contributed by atoms with E-state index in [2.05, 4.69) is 25.5 Å². The van der Waals surface area contributed by atoms with E-state index in [-0.39, 0.29) is 11.8 Å². The predicted molar refractivity (Wildman–Crippen MR) is 83.2 cm³/mol. The molecule has 0 unspecified atom stereocenters. The Bertz CT molecular complexity index is 609. The number of nitrogens with one attached hydrogen (secondary N) is 1. The van der Waals surface area contributed by atoms with Gasteiger partial charge in [-0.2, -0.15) is 10.1 Å². The molecule has 2 aliphatic rings. The molecular weight excluding hydrogens is 287 g/mol. The fourth-order valence-corrected chi connectivity index (χ4v) is 2.17. The molecule has 1 aromatic heterocycles. The van der Waals surface area contributed by atoms with Crippen molar-refractivity contribution in [1.29, 1.82) is 0 Å². The van der Waals surface area contributed by atoms with E-state index in [1.807, 2.05) is 17.1 Å². The number of ether oxygens (including phenoxy) is 1. The summed E-state index contributed by atoms with van der Waals surface area (Å²) in [6.45, 7) is 3.12. The van der Waals surface area contributed by atoms with E-state index in [0.29, 0.717) is 26.3 Å². The fraction of sp³-hybridized carbons (Fsp3) is 0.429. The van der Waals surface area contributed by atoms with Crippen molar-refractivity contribution in [3.05, 3.63) is 24.2 Å². The number of morpholine rings is 1. The van der Waals surface area contributed by atoms with Gasteiger partial charge in [0, 0.05) is 19.6 Å². The van der Waals surface area contributed by atoms with E-state index in [9.17, 15) is 4.39 Å². The Morgan fingerprint density at radius 2 is 2.23 bits per heavy atom. The Hall–Kier alpha value is -2.35. The van der Waals surface area contributed by atoms with Gasteiger partial charge in [-0.15, -0.1) is 0 Å². The first-order chi connectivity index (χ1) is 10.8. The molecule has 0 aliphatic carbocycles. The van der Waals surface area contributed by atoms with Gasteiger partial charge in [-0.3, -0.25) is 4.99 Å². The highest BCUT2D eigenvalue weighted by Crippen LogP contribution is 2.18. The van der Waals surface area contributed by atoms with Gasteiger partial charge in [0.05, 0.1) is 31.3 Å². The Kier molecular flexibility index (Phi) is 4.69. The minimum absolute atomic E-state index is 0.250. The predicted octanol–water partition coefficient (Wildman–Crippen LogP) is 1.25. The molecule has 0 spiro atoms. The summed E-state index contributed by atoms with van der Waals surface area (Å²) in [5.74, 6) is 0.0708. The van der Waals surface area contributed by atoms with Crippen LogP contribution >= 0.6 is 0 Å². The SMILES string of the molecule is Fc1cnc(N/N=C/C2=NCCC=C2)nc1N1CCOCC1. The summed E-state index contributed by atoms with van der Waals surface area (Å²) >= 11 is 0. The van der Waals surface area contributed by atoms with Crippen molar-refractivity contribution in [2.45, 2.75) is 6.42 Å². The number of hydrazone groups is 1. The minimum atomic E-state index is -0.448. The lowest BCUT2D eigenvalue weighted by Crippen LogP contribution is -2.37. The molecule has 0 amide bonds. The number of anilines is 2. The van der Waals surface area contributed by atoms with Crippen LogP contribution in [-0.2, 0) is 4.74 Å². The summed E-state index contributed by atoms with van der Waals surface area (Å²) in [7, 11) is 0. The van der Waals surface area contributed by atoms with Gasteiger partial charge in [0.25, 0.3) is 0 Å². The first kappa shape index (κ1) is 14.6. The van der Waals surface area contributed by atoms with Gasteiger partial charge >= 0.3 is 0 Å². The standard InChI is InChI=1S/C14H17FN6O/c15-12-10-17-14(19-13(12)21-5-7-22-8-6-21)20-18-9-11-3-1-2-4-16-11/h1,3,9-10H,2,4-8H2,(H,17,19,20)/b18-9+. The monoisotopic (exact) mass is 304 g/mol. The summed E-state index contributed by atoms with van der Waals surface area (Å²) in [5.41, 5.74) is 3.49. The van der Waals surface area contributed by atoms with Crippen molar-refractivity contribution >= 4 is 23.7 Å². The van der Waals surface area contributed by atoms with E-state index < -0.39 is 5.82 Å². The lowest BCUT2D eigenvalue weighted by molar-refractivity contribution is 0.122. The smallest absolute Gasteiger partial charge is 0.245 e. The highest BCUT2D eigenvalue weighted by molar-refractivity contribution is 6.36. The van der Waals surface area contributed by atoms with Crippen LogP contribution in [0.15, 0.2) is 28.4 Å². The maximum Gasteiger partial charge on any atom is 0.245 e. The second-order valence-electron chi connectivity index (χ2n) is 4.83.